The van der Waals surface area contributed by atoms with E-state index in [4.69, 9.17) is 5.73 Å². The second-order valence-electron chi connectivity index (χ2n) is 6.30. The van der Waals surface area contributed by atoms with Gasteiger partial charge >= 0.3 is 0 Å². The molecular formula is C15H22N4O2. The molecule has 0 saturated heterocycles. The highest BCUT2D eigenvalue weighted by Crippen LogP contribution is 2.41. The summed E-state index contributed by atoms with van der Waals surface area (Å²) in [6.07, 6.45) is 7.00. The fraction of sp³-hybridized carbons (Fsp3) is 0.667. The van der Waals surface area contributed by atoms with Gasteiger partial charge in [-0.05, 0) is 25.7 Å². The molecule has 2 fully saturated rings. The van der Waals surface area contributed by atoms with E-state index >= 15 is 0 Å². The maximum atomic E-state index is 12.2. The molecule has 1 aromatic heterocycles. The number of carbonyl (C=O) groups is 2. The molecule has 6 heteroatoms. The fourth-order valence-corrected chi connectivity index (χ4v) is 3.30. The van der Waals surface area contributed by atoms with Gasteiger partial charge in [-0.2, -0.15) is 5.10 Å². The van der Waals surface area contributed by atoms with Crippen LogP contribution in [0.2, 0.25) is 0 Å². The van der Waals surface area contributed by atoms with Crippen LogP contribution in [0.5, 0.6) is 0 Å². The highest BCUT2D eigenvalue weighted by atomic mass is 16.2. The van der Waals surface area contributed by atoms with Gasteiger partial charge < -0.3 is 11.1 Å². The van der Waals surface area contributed by atoms with Gasteiger partial charge in [0.1, 0.15) is 5.82 Å². The van der Waals surface area contributed by atoms with E-state index in [2.05, 4.69) is 15.5 Å². The second kappa shape index (κ2) is 5.87. The molecule has 21 heavy (non-hydrogen) atoms. The van der Waals surface area contributed by atoms with Crippen molar-refractivity contribution in [1.29, 1.82) is 0 Å². The molecular weight excluding hydrogens is 268 g/mol. The zero-order valence-corrected chi connectivity index (χ0v) is 12.1. The summed E-state index contributed by atoms with van der Waals surface area (Å²) in [5.74, 6) is 0.906. The van der Waals surface area contributed by atoms with Crippen LogP contribution in [0.25, 0.3) is 0 Å². The Balaban J connectivity index is 1.53. The third-order valence-corrected chi connectivity index (χ3v) is 4.79. The van der Waals surface area contributed by atoms with Crippen molar-refractivity contribution in [3.8, 4) is 0 Å². The molecule has 0 unspecified atom stereocenters. The van der Waals surface area contributed by atoms with Crippen molar-refractivity contribution in [2.45, 2.75) is 50.9 Å². The first-order valence-corrected chi connectivity index (χ1v) is 7.79. The lowest BCUT2D eigenvalue weighted by Crippen LogP contribution is -2.33. The number of nitrogens with zero attached hydrogens (tertiary/aromatic N) is 1. The molecule has 0 atom stereocenters. The Morgan fingerprint density at radius 2 is 1.90 bits per heavy atom. The second-order valence-corrected chi connectivity index (χ2v) is 6.30. The molecule has 2 aliphatic rings. The third-order valence-electron chi connectivity index (χ3n) is 4.79. The molecule has 114 valence electrons. The number of H-pyrrole nitrogens is 1. The Bertz CT molecular complexity index is 528. The zero-order chi connectivity index (χ0) is 14.8. The molecule has 0 bridgehead atoms. The van der Waals surface area contributed by atoms with Gasteiger partial charge in [-0.3, -0.25) is 14.7 Å². The Labute approximate surface area is 123 Å². The lowest BCUT2D eigenvalue weighted by atomic mass is 9.73. The topological polar surface area (TPSA) is 101 Å². The molecule has 0 aromatic carbocycles. The predicted molar refractivity (Wildman–Crippen MR) is 78.5 cm³/mol. The summed E-state index contributed by atoms with van der Waals surface area (Å²) in [6, 6.07) is 1.88. The smallest absolute Gasteiger partial charge is 0.228 e. The Morgan fingerprint density at radius 1 is 1.19 bits per heavy atom. The quantitative estimate of drug-likeness (QED) is 0.789. The van der Waals surface area contributed by atoms with Crippen LogP contribution in [-0.4, -0.2) is 22.0 Å². The van der Waals surface area contributed by atoms with Crippen LogP contribution in [0.3, 0.4) is 0 Å². The first kappa shape index (κ1) is 14.1. The largest absolute Gasteiger partial charge is 0.369 e. The van der Waals surface area contributed by atoms with Crippen molar-refractivity contribution in [2.75, 3.05) is 5.32 Å². The van der Waals surface area contributed by atoms with Gasteiger partial charge in [0, 0.05) is 23.8 Å². The predicted octanol–water partition coefficient (Wildman–Crippen LogP) is 1.91. The molecule has 0 aliphatic heterocycles. The van der Waals surface area contributed by atoms with Crippen molar-refractivity contribution < 1.29 is 9.59 Å². The van der Waals surface area contributed by atoms with E-state index in [0.717, 1.165) is 44.2 Å². The number of aromatic nitrogens is 2. The maximum Gasteiger partial charge on any atom is 0.228 e. The average Bonchev–Trinajstić information content (AvgIpc) is 2.85. The van der Waals surface area contributed by atoms with E-state index < -0.39 is 0 Å². The summed E-state index contributed by atoms with van der Waals surface area (Å²) in [5.41, 5.74) is 6.18. The van der Waals surface area contributed by atoms with Crippen molar-refractivity contribution in [3.05, 3.63) is 11.8 Å². The molecule has 0 radical (unpaired) electrons. The van der Waals surface area contributed by atoms with Gasteiger partial charge in [0.15, 0.2) is 0 Å². The maximum absolute atomic E-state index is 12.2. The van der Waals surface area contributed by atoms with E-state index in [0.29, 0.717) is 5.82 Å². The lowest BCUT2D eigenvalue weighted by molar-refractivity contribution is -0.124. The Morgan fingerprint density at radius 3 is 2.57 bits per heavy atom. The van der Waals surface area contributed by atoms with E-state index in [1.807, 2.05) is 6.07 Å². The minimum Gasteiger partial charge on any atom is -0.369 e. The van der Waals surface area contributed by atoms with Crippen molar-refractivity contribution >= 4 is 17.6 Å². The number of hydrogen-bond donors (Lipinski definition) is 3. The lowest BCUT2D eigenvalue weighted by Gasteiger charge is -2.31. The minimum absolute atomic E-state index is 0.0213. The summed E-state index contributed by atoms with van der Waals surface area (Å²) < 4.78 is 0. The summed E-state index contributed by atoms with van der Waals surface area (Å²) >= 11 is 0. The van der Waals surface area contributed by atoms with Gasteiger partial charge in [-0.15, -0.1) is 0 Å². The van der Waals surface area contributed by atoms with E-state index in [1.54, 1.807) is 0 Å². The molecule has 2 amide bonds. The van der Waals surface area contributed by atoms with Crippen LogP contribution in [0, 0.1) is 11.8 Å². The van der Waals surface area contributed by atoms with Gasteiger partial charge in [0.2, 0.25) is 11.8 Å². The average molecular weight is 290 g/mol. The number of rotatable bonds is 4. The monoisotopic (exact) mass is 290 g/mol. The summed E-state index contributed by atoms with van der Waals surface area (Å²) in [6.45, 7) is 0. The molecule has 0 spiro atoms. The van der Waals surface area contributed by atoms with Crippen LogP contribution in [0.4, 0.5) is 5.82 Å². The number of anilines is 1. The van der Waals surface area contributed by atoms with Gasteiger partial charge in [0.05, 0.1) is 5.69 Å². The van der Waals surface area contributed by atoms with E-state index in [9.17, 15) is 9.59 Å². The van der Waals surface area contributed by atoms with Gasteiger partial charge in [-0.25, -0.2) is 0 Å². The van der Waals surface area contributed by atoms with Gasteiger partial charge in [0.25, 0.3) is 0 Å². The van der Waals surface area contributed by atoms with E-state index in [-0.39, 0.29) is 29.6 Å². The molecule has 6 nitrogen and oxygen atoms in total. The number of nitrogens with two attached hydrogens (primary N) is 1. The molecule has 3 rings (SSSR count). The number of primary amides is 1. The number of nitrogens with one attached hydrogen (secondary N) is 2. The standard InChI is InChI=1S/C15H22N4O2/c16-14(20)11-6-10(7-11)12-8-13(19-18-12)17-15(21)9-4-2-1-3-5-9/h8-11H,1-7H2,(H2,16,20)(H2,17,18,19,21)/t10-,11+. The minimum atomic E-state index is -0.229. The van der Waals surface area contributed by atoms with Crippen molar-refractivity contribution in [2.24, 2.45) is 17.6 Å². The molecule has 4 N–H and O–H groups in total. The highest BCUT2D eigenvalue weighted by Gasteiger charge is 2.35. The Kier molecular flexibility index (Phi) is 3.94. The number of aromatic amines is 1. The molecule has 2 saturated carbocycles. The third kappa shape index (κ3) is 3.09. The zero-order valence-electron chi connectivity index (χ0n) is 12.1. The van der Waals surface area contributed by atoms with Crippen molar-refractivity contribution in [1.82, 2.24) is 10.2 Å². The summed E-state index contributed by atoms with van der Waals surface area (Å²) in [5, 5.41) is 10.0. The summed E-state index contributed by atoms with van der Waals surface area (Å²) in [7, 11) is 0. The van der Waals surface area contributed by atoms with Gasteiger partial charge in [-0.1, -0.05) is 19.3 Å². The van der Waals surface area contributed by atoms with Crippen LogP contribution in [0.1, 0.15) is 56.6 Å². The first-order chi connectivity index (χ1) is 10.1. The van der Waals surface area contributed by atoms with Crippen LogP contribution < -0.4 is 11.1 Å². The SMILES string of the molecule is NC(=O)[C@H]1C[C@@H](c2cc(NC(=O)C3CCCCC3)[nH]n2)C1. The van der Waals surface area contributed by atoms with Crippen LogP contribution in [0.15, 0.2) is 6.07 Å². The summed E-state index contributed by atoms with van der Waals surface area (Å²) in [4.78, 5) is 23.2. The number of hydrogen-bond acceptors (Lipinski definition) is 3. The van der Waals surface area contributed by atoms with Crippen molar-refractivity contribution in [3.63, 3.8) is 0 Å². The molecule has 2 aliphatic carbocycles. The van der Waals surface area contributed by atoms with E-state index in [1.165, 1.54) is 6.42 Å². The number of carbonyl (C=O) groups excluding carboxylic acids is 2. The first-order valence-electron chi connectivity index (χ1n) is 7.79. The van der Waals surface area contributed by atoms with Crippen LogP contribution in [-0.2, 0) is 9.59 Å². The van der Waals surface area contributed by atoms with Crippen LogP contribution >= 0.6 is 0 Å². The molecule has 1 heterocycles. The highest BCUT2D eigenvalue weighted by molar-refractivity contribution is 5.91. The fourth-order valence-electron chi connectivity index (χ4n) is 3.30. The molecule has 1 aromatic rings. The normalized spacial score (nSPS) is 26.1. The Hall–Kier alpha value is -1.85. The number of amides is 2.